The lowest BCUT2D eigenvalue weighted by Crippen LogP contribution is -1.92. The second-order valence-electron chi connectivity index (χ2n) is 15.9. The average molecular weight is 763 g/mol. The van der Waals surface area contributed by atoms with Gasteiger partial charge in [0.15, 0.2) is 0 Å². The maximum atomic E-state index is 2.49. The lowest BCUT2D eigenvalue weighted by Gasteiger charge is -2.20. The topological polar surface area (TPSA) is 0 Å². The van der Waals surface area contributed by atoms with Gasteiger partial charge in [-0.05, 0) is 146 Å². The number of hydrogen-bond donors (Lipinski definition) is 0. The Labute approximate surface area is 345 Å². The molecule has 0 aliphatic carbocycles. The quantitative estimate of drug-likeness (QED) is 0.157. The van der Waals surface area contributed by atoms with E-state index in [0.717, 1.165) is 0 Å². The Morgan fingerprint density at radius 1 is 0.237 bits per heavy atom. The second-order valence-corrected chi connectivity index (χ2v) is 17.0. The van der Waals surface area contributed by atoms with E-state index in [1.54, 1.807) is 0 Å². The molecule has 13 aromatic rings. The van der Waals surface area contributed by atoms with Gasteiger partial charge in [0.2, 0.25) is 0 Å². The monoisotopic (exact) mass is 762 g/mol. The third-order valence-corrected chi connectivity index (χ3v) is 13.9. The molecule has 0 amide bonds. The largest absolute Gasteiger partial charge is 0.135 e. The summed E-state index contributed by atoms with van der Waals surface area (Å²) in [6, 6.07) is 76.9. The van der Waals surface area contributed by atoms with Crippen molar-refractivity contribution in [3.8, 4) is 44.5 Å². The third kappa shape index (κ3) is 4.83. The summed E-state index contributed by atoms with van der Waals surface area (Å²) in [5, 5.41) is 18.4. The summed E-state index contributed by atoms with van der Waals surface area (Å²) >= 11 is 1.93. The van der Waals surface area contributed by atoms with Crippen molar-refractivity contribution < 1.29 is 0 Å². The molecule has 0 N–H and O–H groups in total. The van der Waals surface area contributed by atoms with Gasteiger partial charge in [-0.25, -0.2) is 0 Å². The first kappa shape index (κ1) is 32.7. The van der Waals surface area contributed by atoms with E-state index in [9.17, 15) is 0 Å². The van der Waals surface area contributed by atoms with Crippen molar-refractivity contribution in [3.63, 3.8) is 0 Å². The van der Waals surface area contributed by atoms with Crippen LogP contribution in [0.1, 0.15) is 0 Å². The summed E-state index contributed by atoms with van der Waals surface area (Å²) in [7, 11) is 0. The summed E-state index contributed by atoms with van der Waals surface area (Å²) in [4.78, 5) is 0. The Morgan fingerprint density at radius 3 is 1.42 bits per heavy atom. The van der Waals surface area contributed by atoms with Crippen LogP contribution < -0.4 is 0 Å². The zero-order chi connectivity index (χ0) is 38.6. The van der Waals surface area contributed by atoms with Crippen LogP contribution in [0.2, 0.25) is 0 Å². The van der Waals surface area contributed by atoms with Gasteiger partial charge in [-0.15, -0.1) is 11.3 Å². The highest BCUT2D eigenvalue weighted by Crippen LogP contribution is 2.50. The summed E-state index contributed by atoms with van der Waals surface area (Å²) < 4.78 is 2.72. The van der Waals surface area contributed by atoms with Gasteiger partial charge < -0.3 is 0 Å². The van der Waals surface area contributed by atoms with Gasteiger partial charge in [0.1, 0.15) is 0 Å². The van der Waals surface area contributed by atoms with Gasteiger partial charge in [0.25, 0.3) is 0 Å². The molecule has 0 bridgehead atoms. The van der Waals surface area contributed by atoms with Crippen molar-refractivity contribution in [1.82, 2.24) is 0 Å². The Bertz CT molecular complexity index is 3760. The fourth-order valence-corrected chi connectivity index (χ4v) is 11.4. The molecule has 272 valence electrons. The molecule has 0 saturated heterocycles. The molecule has 0 saturated carbocycles. The molecule has 12 aromatic carbocycles. The third-order valence-electron chi connectivity index (χ3n) is 12.7. The van der Waals surface area contributed by atoms with Crippen molar-refractivity contribution >= 4 is 96.1 Å². The molecular formula is C58H34S. The summed E-state index contributed by atoms with van der Waals surface area (Å²) in [6.45, 7) is 0. The lowest BCUT2D eigenvalue weighted by atomic mass is 9.84. The molecule has 1 heterocycles. The maximum absolute atomic E-state index is 2.49. The normalized spacial score (nSPS) is 12.1. The second kappa shape index (κ2) is 12.6. The number of hydrogen-bond acceptors (Lipinski definition) is 1. The molecular weight excluding hydrogens is 729 g/mol. The first-order chi connectivity index (χ1) is 29.3. The van der Waals surface area contributed by atoms with Crippen molar-refractivity contribution in [1.29, 1.82) is 0 Å². The Morgan fingerprint density at radius 2 is 0.729 bits per heavy atom. The molecule has 0 atom stereocenters. The first-order valence-corrected chi connectivity index (χ1v) is 21.2. The van der Waals surface area contributed by atoms with E-state index >= 15 is 0 Å². The summed E-state index contributed by atoms with van der Waals surface area (Å²) in [6.07, 6.45) is 0. The molecule has 13 rings (SSSR count). The molecule has 59 heavy (non-hydrogen) atoms. The maximum Gasteiger partial charge on any atom is 0.0440 e. The minimum Gasteiger partial charge on any atom is -0.135 e. The van der Waals surface area contributed by atoms with E-state index in [-0.39, 0.29) is 0 Å². The summed E-state index contributed by atoms with van der Waals surface area (Å²) in [5.41, 5.74) is 9.88. The van der Waals surface area contributed by atoms with E-state index in [4.69, 9.17) is 0 Å². The number of fused-ring (bicyclic) bond motifs is 10. The summed E-state index contributed by atoms with van der Waals surface area (Å²) in [5.74, 6) is 0. The van der Waals surface area contributed by atoms with E-state index in [0.29, 0.717) is 0 Å². The van der Waals surface area contributed by atoms with E-state index in [2.05, 4.69) is 206 Å². The fourth-order valence-electron chi connectivity index (χ4n) is 10.2. The zero-order valence-corrected chi connectivity index (χ0v) is 32.9. The van der Waals surface area contributed by atoms with Crippen LogP contribution in [0.5, 0.6) is 0 Å². The van der Waals surface area contributed by atoms with Gasteiger partial charge in [-0.2, -0.15) is 0 Å². The first-order valence-electron chi connectivity index (χ1n) is 20.4. The van der Waals surface area contributed by atoms with Gasteiger partial charge in [-0.3, -0.25) is 0 Å². The number of benzene rings is 12. The van der Waals surface area contributed by atoms with Crippen LogP contribution in [0.15, 0.2) is 206 Å². The standard InChI is InChI=1S/C58H34S/c1-3-15-35(16-4-1)38-29-39(36-17-5-2-6-18-36)31-40(30-38)49-33-51-43-22-9-10-23-44(43)52(34-53(51)42-21-8-7-20-41(42)49)50-32-37-19-13-26-47-55(37)56-45(50)25-14-27-48(56)58-57(47)46-24-11-12-28-54(46)59-58/h1-34H. The highest BCUT2D eigenvalue weighted by atomic mass is 32.1. The van der Waals surface area contributed by atoms with Crippen LogP contribution >= 0.6 is 11.3 Å². The SMILES string of the molecule is c1ccc(-c2cc(-c3ccccc3)cc(-c3cc4c5ccccc5c(-c5cc6cccc7c8c9ccccc9sc8c8cccc5c8c67)cc4c4ccccc34)c2)cc1. The van der Waals surface area contributed by atoms with Crippen LogP contribution in [-0.4, -0.2) is 0 Å². The number of thiophene rings is 1. The highest BCUT2D eigenvalue weighted by molar-refractivity contribution is 7.27. The molecule has 1 heteroatoms. The van der Waals surface area contributed by atoms with Crippen molar-refractivity contribution in [2.45, 2.75) is 0 Å². The van der Waals surface area contributed by atoms with Crippen molar-refractivity contribution in [2.75, 3.05) is 0 Å². The predicted molar refractivity (Wildman–Crippen MR) is 257 cm³/mol. The van der Waals surface area contributed by atoms with Crippen LogP contribution in [0.4, 0.5) is 0 Å². The lowest BCUT2D eigenvalue weighted by molar-refractivity contribution is 1.58. The smallest absolute Gasteiger partial charge is 0.0440 e. The predicted octanol–water partition coefficient (Wildman–Crippen LogP) is 17.1. The van der Waals surface area contributed by atoms with Crippen molar-refractivity contribution in [2.24, 2.45) is 0 Å². The molecule has 0 aliphatic heterocycles. The van der Waals surface area contributed by atoms with Crippen molar-refractivity contribution in [3.05, 3.63) is 206 Å². The van der Waals surface area contributed by atoms with Crippen LogP contribution in [0.3, 0.4) is 0 Å². The van der Waals surface area contributed by atoms with Crippen LogP contribution in [0, 0.1) is 0 Å². The minimum atomic E-state index is 1.22. The average Bonchev–Trinajstić information content (AvgIpc) is 3.71. The molecule has 0 aliphatic rings. The van der Waals surface area contributed by atoms with E-state index in [1.165, 1.54) is 129 Å². The highest BCUT2D eigenvalue weighted by Gasteiger charge is 2.22. The minimum absolute atomic E-state index is 1.22. The Hall–Kier alpha value is -7.32. The van der Waals surface area contributed by atoms with Gasteiger partial charge in [0, 0.05) is 25.6 Å². The van der Waals surface area contributed by atoms with Gasteiger partial charge in [-0.1, -0.05) is 164 Å². The van der Waals surface area contributed by atoms with E-state index < -0.39 is 0 Å². The molecule has 0 spiro atoms. The van der Waals surface area contributed by atoms with E-state index in [1.807, 2.05) is 11.3 Å². The number of rotatable bonds is 4. The fraction of sp³-hybridized carbons (Fsp3) is 0. The zero-order valence-electron chi connectivity index (χ0n) is 32.0. The molecule has 0 radical (unpaired) electrons. The Kier molecular flexibility index (Phi) is 6.98. The van der Waals surface area contributed by atoms with Gasteiger partial charge >= 0.3 is 0 Å². The van der Waals surface area contributed by atoms with Crippen LogP contribution in [-0.2, 0) is 0 Å². The molecule has 0 fully saturated rings. The Balaban J connectivity index is 1.12. The molecule has 0 nitrogen and oxygen atoms in total. The molecule has 1 aromatic heterocycles. The van der Waals surface area contributed by atoms with Crippen LogP contribution in [0.25, 0.3) is 129 Å². The molecule has 0 unspecified atom stereocenters. The van der Waals surface area contributed by atoms with Gasteiger partial charge in [0.05, 0.1) is 0 Å².